The second-order valence-electron chi connectivity index (χ2n) is 2.23. The highest BCUT2D eigenvalue weighted by molar-refractivity contribution is 5.98. The van der Waals surface area contributed by atoms with Gasteiger partial charge in [-0.3, -0.25) is 0 Å². The molecule has 0 spiro atoms. The van der Waals surface area contributed by atoms with Crippen LogP contribution in [0.4, 0.5) is 0 Å². The maximum Gasteiger partial charge on any atom is 0.369 e. The highest BCUT2D eigenvalue weighted by Crippen LogP contribution is 2.01. The molecule has 2 radical (unpaired) electrons. The van der Waals surface area contributed by atoms with Gasteiger partial charge >= 0.3 is 16.6 Å². The van der Waals surface area contributed by atoms with Gasteiger partial charge in [0.2, 0.25) is 0 Å². The molecule has 0 aliphatic heterocycles. The van der Waals surface area contributed by atoms with Crippen LogP contribution in [0, 0.1) is 0 Å². The number of hydrogen-bond donors (Lipinski definition) is 0. The van der Waals surface area contributed by atoms with Gasteiger partial charge in [0.05, 0.1) is 0 Å². The molecular formula is C4H11AlO. The summed E-state index contributed by atoms with van der Waals surface area (Å²) in [5.74, 6) is 0. The second-order valence-corrected chi connectivity index (χ2v) is 2.47. The van der Waals surface area contributed by atoms with Gasteiger partial charge in [0.25, 0.3) is 0 Å². The maximum atomic E-state index is 4.85. The first-order chi connectivity index (χ1) is 2.56. The minimum atomic E-state index is 0. The Bertz CT molecular complexity index is 41.4. The summed E-state index contributed by atoms with van der Waals surface area (Å²) in [5.41, 5.74) is 0.00463. The molecule has 0 aliphatic carbocycles. The molecule has 0 heterocycles. The van der Waals surface area contributed by atoms with E-state index in [0.717, 1.165) is 0 Å². The Kier molecular flexibility index (Phi) is 2.14. The molecule has 36 valence electrons. The first-order valence-corrected chi connectivity index (χ1v) is 2.41. The predicted molar refractivity (Wildman–Crippen MR) is 28.7 cm³/mol. The fraction of sp³-hybridized carbons (Fsp3) is 1.00. The van der Waals surface area contributed by atoms with E-state index in [1.165, 1.54) is 0 Å². The van der Waals surface area contributed by atoms with Crippen LogP contribution >= 0.6 is 0 Å². The molecule has 0 saturated heterocycles. The lowest BCUT2D eigenvalue weighted by Crippen LogP contribution is -2.16. The van der Waals surface area contributed by atoms with E-state index < -0.39 is 0 Å². The van der Waals surface area contributed by atoms with Crippen LogP contribution in [0.15, 0.2) is 0 Å². The normalized spacial score (nSPS) is 11.8. The molecule has 1 nitrogen and oxygen atoms in total. The van der Waals surface area contributed by atoms with Crippen molar-refractivity contribution in [1.29, 1.82) is 0 Å². The van der Waals surface area contributed by atoms with E-state index in [9.17, 15) is 0 Å². The first kappa shape index (κ1) is 6.49. The Morgan fingerprint density at radius 3 is 1.67 bits per heavy atom. The van der Waals surface area contributed by atoms with E-state index in [1.54, 1.807) is 0 Å². The molecule has 0 aliphatic rings. The van der Waals surface area contributed by atoms with Crippen LogP contribution in [0.25, 0.3) is 0 Å². The Morgan fingerprint density at radius 2 is 1.67 bits per heavy atom. The van der Waals surface area contributed by atoms with Gasteiger partial charge in [-0.05, 0) is 20.8 Å². The van der Waals surface area contributed by atoms with Gasteiger partial charge in [-0.1, -0.05) is 0 Å². The van der Waals surface area contributed by atoms with Crippen molar-refractivity contribution in [3.8, 4) is 0 Å². The van der Waals surface area contributed by atoms with Crippen LogP contribution in [-0.2, 0) is 3.79 Å². The summed E-state index contributed by atoms with van der Waals surface area (Å²) in [7, 11) is 0. The van der Waals surface area contributed by atoms with E-state index in [4.69, 9.17) is 3.79 Å². The average molecular weight is 102 g/mol. The Labute approximate surface area is 48.9 Å². The zero-order valence-electron chi connectivity index (χ0n) is 4.49. The summed E-state index contributed by atoms with van der Waals surface area (Å²) in [6, 6.07) is 0. The molecule has 0 unspecified atom stereocenters. The van der Waals surface area contributed by atoms with Crippen molar-refractivity contribution in [3.05, 3.63) is 0 Å². The van der Waals surface area contributed by atoms with Gasteiger partial charge in [0.15, 0.2) is 0 Å². The molecular weight excluding hydrogens is 91.0 g/mol. The zero-order valence-corrected chi connectivity index (χ0v) is 5.64. The largest absolute Gasteiger partial charge is 0.512 e. The van der Waals surface area contributed by atoms with Crippen LogP contribution in [0.1, 0.15) is 22.2 Å². The van der Waals surface area contributed by atoms with E-state index in [-0.39, 0.29) is 7.03 Å². The third-order valence-electron chi connectivity index (χ3n) is 0.354. The highest BCUT2D eigenvalue weighted by atomic mass is 27.1. The van der Waals surface area contributed by atoms with Gasteiger partial charge in [-0.2, -0.15) is 0 Å². The molecule has 0 aromatic heterocycles. The van der Waals surface area contributed by atoms with Gasteiger partial charge < -0.3 is 3.79 Å². The minimum absolute atomic E-state index is 0. The predicted octanol–water partition coefficient (Wildman–Crippen LogP) is 1.13. The van der Waals surface area contributed by atoms with E-state index >= 15 is 0 Å². The van der Waals surface area contributed by atoms with Crippen molar-refractivity contribution in [3.63, 3.8) is 0 Å². The van der Waals surface area contributed by atoms with Crippen molar-refractivity contribution in [2.75, 3.05) is 0 Å². The SMILES string of the molecule is CC(C)(C)[O][Al].[HH]. The molecule has 0 bridgehead atoms. The summed E-state index contributed by atoms with van der Waals surface area (Å²) in [5, 5.41) is 0. The lowest BCUT2D eigenvalue weighted by molar-refractivity contribution is 0.147. The average Bonchev–Trinajstić information content (AvgIpc) is 1.35. The molecule has 0 rings (SSSR count). The summed E-state index contributed by atoms with van der Waals surface area (Å²) in [4.78, 5) is 0. The van der Waals surface area contributed by atoms with Gasteiger partial charge in [0, 0.05) is 7.03 Å². The van der Waals surface area contributed by atoms with Crippen molar-refractivity contribution >= 4 is 16.6 Å². The van der Waals surface area contributed by atoms with Crippen molar-refractivity contribution in [1.82, 2.24) is 0 Å². The van der Waals surface area contributed by atoms with Gasteiger partial charge in [0.1, 0.15) is 0 Å². The van der Waals surface area contributed by atoms with Gasteiger partial charge in [-0.15, -0.1) is 0 Å². The third kappa shape index (κ3) is 4.49. The van der Waals surface area contributed by atoms with Crippen LogP contribution in [0.2, 0.25) is 0 Å². The Hall–Kier alpha value is 0.492. The summed E-state index contributed by atoms with van der Waals surface area (Å²) in [6.45, 7) is 6.00. The molecule has 6 heavy (non-hydrogen) atoms. The Morgan fingerprint density at radius 1 is 1.50 bits per heavy atom. The first-order valence-electron chi connectivity index (χ1n) is 1.94. The molecule has 0 fully saturated rings. The van der Waals surface area contributed by atoms with Crippen LogP contribution in [0.5, 0.6) is 0 Å². The van der Waals surface area contributed by atoms with E-state index in [2.05, 4.69) is 16.6 Å². The van der Waals surface area contributed by atoms with Crippen molar-refractivity contribution in [2.24, 2.45) is 0 Å². The third-order valence-corrected chi connectivity index (χ3v) is 1.06. The van der Waals surface area contributed by atoms with Crippen LogP contribution < -0.4 is 0 Å². The van der Waals surface area contributed by atoms with Crippen molar-refractivity contribution in [2.45, 2.75) is 26.4 Å². The van der Waals surface area contributed by atoms with Crippen molar-refractivity contribution < 1.29 is 5.22 Å². The standard InChI is InChI=1S/C4H9O.Al.H2/c1-4(2,3)5;;/h1-3H3;;1H/q-1;+1;. The number of hydrogen-bond acceptors (Lipinski definition) is 1. The minimum Gasteiger partial charge on any atom is -0.512 e. The topological polar surface area (TPSA) is 9.23 Å². The monoisotopic (exact) mass is 102 g/mol. The zero-order chi connectivity index (χ0) is 5.21. The molecule has 2 heteroatoms. The fourth-order valence-electron chi connectivity index (χ4n) is 0. The Balaban J connectivity index is 0. The number of rotatable bonds is 0. The van der Waals surface area contributed by atoms with E-state index in [0.29, 0.717) is 0 Å². The molecule has 0 atom stereocenters. The quantitative estimate of drug-likeness (QED) is 0.416. The fourth-order valence-corrected chi connectivity index (χ4v) is 0. The lowest BCUT2D eigenvalue weighted by Gasteiger charge is -2.17. The van der Waals surface area contributed by atoms with Gasteiger partial charge in [-0.25, -0.2) is 0 Å². The second kappa shape index (κ2) is 1.97. The molecule has 0 aromatic rings. The molecule has 0 N–H and O–H groups in total. The smallest absolute Gasteiger partial charge is 0.369 e. The van der Waals surface area contributed by atoms with Crippen LogP contribution in [0.3, 0.4) is 0 Å². The summed E-state index contributed by atoms with van der Waals surface area (Å²) in [6.07, 6.45) is 0. The molecule has 0 aromatic carbocycles. The summed E-state index contributed by atoms with van der Waals surface area (Å²) < 4.78 is 4.85. The highest BCUT2D eigenvalue weighted by Gasteiger charge is 2.01. The molecule has 0 amide bonds. The molecule has 0 saturated carbocycles. The van der Waals surface area contributed by atoms with E-state index in [1.807, 2.05) is 20.8 Å². The van der Waals surface area contributed by atoms with Crippen LogP contribution in [-0.4, -0.2) is 22.2 Å². The summed E-state index contributed by atoms with van der Waals surface area (Å²) >= 11 is 2.22. The maximum absolute atomic E-state index is 4.85. The lowest BCUT2D eigenvalue weighted by atomic mass is 10.2.